The van der Waals surface area contributed by atoms with E-state index in [1.54, 1.807) is 24.3 Å². The Kier molecular flexibility index (Phi) is 2.79. The Bertz CT molecular complexity index is 645. The van der Waals surface area contributed by atoms with Crippen LogP contribution in [0.3, 0.4) is 0 Å². The molecule has 1 aliphatic heterocycles. The molecule has 1 aliphatic rings. The highest BCUT2D eigenvalue weighted by Crippen LogP contribution is 2.30. The largest absolute Gasteiger partial charge is 0.426 e. The molecule has 0 bridgehead atoms. The number of carbonyl (C=O) groups is 2. The van der Waals surface area contributed by atoms with E-state index in [-0.39, 0.29) is 17.6 Å². The minimum absolute atomic E-state index is 0.0304. The van der Waals surface area contributed by atoms with Gasteiger partial charge in [-0.05, 0) is 36.2 Å². The third-order valence-electron chi connectivity index (χ3n) is 2.91. The molecular weight excluding hydrogens is 246 g/mol. The van der Waals surface area contributed by atoms with Gasteiger partial charge in [-0.3, -0.25) is 9.59 Å². The molecule has 2 aromatic rings. The third kappa shape index (κ3) is 2.35. The highest BCUT2D eigenvalue weighted by atomic mass is 16.6. The van der Waals surface area contributed by atoms with E-state index in [0.29, 0.717) is 24.9 Å². The highest BCUT2D eigenvalue weighted by molar-refractivity contribution is 5.94. The molecule has 0 radical (unpaired) electrons. The molecule has 0 unspecified atom stereocenters. The Labute approximate surface area is 109 Å². The number of rotatable bonds is 3. The minimum Gasteiger partial charge on any atom is -0.426 e. The second-order valence-electron chi connectivity index (χ2n) is 4.24. The summed E-state index contributed by atoms with van der Waals surface area (Å²) in [6.07, 6.45) is 1.79. The van der Waals surface area contributed by atoms with E-state index in [1.165, 1.54) is 0 Å². The summed E-state index contributed by atoms with van der Waals surface area (Å²) in [6.45, 7) is 0. The summed E-state index contributed by atoms with van der Waals surface area (Å²) < 4.78 is 10.7. The van der Waals surface area contributed by atoms with E-state index in [0.717, 1.165) is 11.3 Å². The van der Waals surface area contributed by atoms with Crippen LogP contribution in [0.15, 0.2) is 34.7 Å². The molecule has 0 atom stereocenters. The Morgan fingerprint density at radius 3 is 2.89 bits per heavy atom. The zero-order valence-corrected chi connectivity index (χ0v) is 10.0. The van der Waals surface area contributed by atoms with Crippen molar-refractivity contribution in [2.75, 3.05) is 5.32 Å². The lowest BCUT2D eigenvalue weighted by Gasteiger charge is -2.17. The number of aldehydes is 1. The Morgan fingerprint density at radius 1 is 1.21 bits per heavy atom. The van der Waals surface area contributed by atoms with E-state index < -0.39 is 0 Å². The van der Waals surface area contributed by atoms with Crippen molar-refractivity contribution >= 4 is 17.9 Å². The van der Waals surface area contributed by atoms with Crippen molar-refractivity contribution in [3.8, 4) is 11.7 Å². The molecule has 5 nitrogen and oxygen atoms in total. The number of nitrogens with one attached hydrogen (secondary N) is 1. The third-order valence-corrected chi connectivity index (χ3v) is 2.91. The molecule has 1 aromatic carbocycles. The van der Waals surface area contributed by atoms with Crippen LogP contribution in [-0.4, -0.2) is 12.2 Å². The molecule has 0 saturated heterocycles. The molecule has 1 aromatic heterocycles. The summed E-state index contributed by atoms with van der Waals surface area (Å²) in [5, 5.41) is 2.80. The van der Waals surface area contributed by atoms with Gasteiger partial charge in [-0.25, -0.2) is 0 Å². The SMILES string of the molecule is O=Cc1ccc(Oc2ccc3c(c2)CCC(=O)N3)o1. The van der Waals surface area contributed by atoms with Crippen molar-refractivity contribution < 1.29 is 18.7 Å². The van der Waals surface area contributed by atoms with Gasteiger partial charge in [-0.15, -0.1) is 0 Å². The van der Waals surface area contributed by atoms with Gasteiger partial charge in [0.25, 0.3) is 5.95 Å². The van der Waals surface area contributed by atoms with Gasteiger partial charge < -0.3 is 14.5 Å². The van der Waals surface area contributed by atoms with Crippen LogP contribution in [0.4, 0.5) is 5.69 Å². The lowest BCUT2D eigenvalue weighted by Crippen LogP contribution is -2.18. The second kappa shape index (κ2) is 4.61. The average molecular weight is 257 g/mol. The normalized spacial score (nSPS) is 13.6. The van der Waals surface area contributed by atoms with Crippen LogP contribution >= 0.6 is 0 Å². The van der Waals surface area contributed by atoms with Gasteiger partial charge in [0.2, 0.25) is 5.91 Å². The second-order valence-corrected chi connectivity index (χ2v) is 4.24. The maximum absolute atomic E-state index is 11.2. The van der Waals surface area contributed by atoms with E-state index in [1.807, 2.05) is 6.07 Å². The summed E-state index contributed by atoms with van der Waals surface area (Å²) in [7, 11) is 0. The Balaban J connectivity index is 1.82. The van der Waals surface area contributed by atoms with Crippen LogP contribution in [-0.2, 0) is 11.2 Å². The first kappa shape index (κ1) is 11.5. The van der Waals surface area contributed by atoms with E-state index in [4.69, 9.17) is 9.15 Å². The molecule has 19 heavy (non-hydrogen) atoms. The first-order chi connectivity index (χ1) is 9.24. The van der Waals surface area contributed by atoms with E-state index >= 15 is 0 Å². The molecule has 3 rings (SSSR count). The van der Waals surface area contributed by atoms with Crippen molar-refractivity contribution in [2.45, 2.75) is 12.8 Å². The lowest BCUT2D eigenvalue weighted by atomic mass is 10.0. The zero-order chi connectivity index (χ0) is 13.2. The number of hydrogen-bond donors (Lipinski definition) is 1. The van der Waals surface area contributed by atoms with Gasteiger partial charge in [-0.2, -0.15) is 0 Å². The Morgan fingerprint density at radius 2 is 2.11 bits per heavy atom. The van der Waals surface area contributed by atoms with Crippen molar-refractivity contribution in [1.29, 1.82) is 0 Å². The number of aryl methyl sites for hydroxylation is 1. The summed E-state index contributed by atoms with van der Waals surface area (Å²) in [5.41, 5.74) is 1.84. The maximum atomic E-state index is 11.2. The summed E-state index contributed by atoms with van der Waals surface area (Å²) >= 11 is 0. The van der Waals surface area contributed by atoms with Gasteiger partial charge >= 0.3 is 0 Å². The fourth-order valence-electron chi connectivity index (χ4n) is 1.99. The predicted molar refractivity (Wildman–Crippen MR) is 67.6 cm³/mol. The molecule has 96 valence electrons. The van der Waals surface area contributed by atoms with Gasteiger partial charge in [0.15, 0.2) is 12.0 Å². The van der Waals surface area contributed by atoms with Crippen molar-refractivity contribution in [3.05, 3.63) is 41.7 Å². The fourth-order valence-corrected chi connectivity index (χ4v) is 1.99. The van der Waals surface area contributed by atoms with Crippen LogP contribution < -0.4 is 10.1 Å². The number of hydrogen-bond acceptors (Lipinski definition) is 4. The lowest BCUT2D eigenvalue weighted by molar-refractivity contribution is -0.116. The predicted octanol–water partition coefficient (Wildman–Crippen LogP) is 2.77. The van der Waals surface area contributed by atoms with Crippen molar-refractivity contribution in [2.24, 2.45) is 0 Å². The molecule has 1 N–H and O–H groups in total. The van der Waals surface area contributed by atoms with Crippen LogP contribution in [0.5, 0.6) is 11.7 Å². The number of anilines is 1. The topological polar surface area (TPSA) is 68.5 Å². The van der Waals surface area contributed by atoms with Gasteiger partial charge in [-0.1, -0.05) is 0 Å². The average Bonchev–Trinajstić information content (AvgIpc) is 2.86. The molecule has 5 heteroatoms. The van der Waals surface area contributed by atoms with Gasteiger partial charge in [0, 0.05) is 18.2 Å². The van der Waals surface area contributed by atoms with E-state index in [2.05, 4.69) is 5.32 Å². The van der Waals surface area contributed by atoms with Crippen LogP contribution in [0.1, 0.15) is 22.5 Å². The van der Waals surface area contributed by atoms with E-state index in [9.17, 15) is 9.59 Å². The number of carbonyl (C=O) groups excluding carboxylic acids is 2. The number of furan rings is 1. The monoisotopic (exact) mass is 257 g/mol. The van der Waals surface area contributed by atoms with Gasteiger partial charge in [0.05, 0.1) is 0 Å². The van der Waals surface area contributed by atoms with Crippen molar-refractivity contribution in [3.63, 3.8) is 0 Å². The van der Waals surface area contributed by atoms with Gasteiger partial charge in [0.1, 0.15) is 5.75 Å². The Hall–Kier alpha value is -2.56. The quantitative estimate of drug-likeness (QED) is 0.858. The highest BCUT2D eigenvalue weighted by Gasteiger charge is 2.15. The van der Waals surface area contributed by atoms with Crippen molar-refractivity contribution in [1.82, 2.24) is 0 Å². The standard InChI is InChI=1S/C14H11NO4/c16-8-11-3-6-14(19-11)18-10-2-4-12-9(7-10)1-5-13(17)15-12/h2-4,6-8H,1,5H2,(H,15,17). The molecule has 0 aliphatic carbocycles. The molecule has 0 saturated carbocycles. The summed E-state index contributed by atoms with van der Waals surface area (Å²) in [4.78, 5) is 21.8. The summed E-state index contributed by atoms with van der Waals surface area (Å²) in [5.74, 6) is 1.13. The minimum atomic E-state index is 0.0304. The fraction of sp³-hybridized carbons (Fsp3) is 0.143. The first-order valence-electron chi connectivity index (χ1n) is 5.90. The number of benzene rings is 1. The first-order valence-corrected chi connectivity index (χ1v) is 5.90. The van der Waals surface area contributed by atoms with Crippen LogP contribution in [0.25, 0.3) is 0 Å². The smallest absolute Gasteiger partial charge is 0.290 e. The van der Waals surface area contributed by atoms with Crippen LogP contribution in [0.2, 0.25) is 0 Å². The zero-order valence-electron chi connectivity index (χ0n) is 10.0. The molecule has 0 spiro atoms. The number of fused-ring (bicyclic) bond motifs is 1. The number of amides is 1. The summed E-state index contributed by atoms with van der Waals surface area (Å²) in [6, 6.07) is 8.53. The molecule has 0 fully saturated rings. The maximum Gasteiger partial charge on any atom is 0.290 e. The number of ether oxygens (including phenoxy) is 1. The molecular formula is C14H11NO4. The molecule has 1 amide bonds. The van der Waals surface area contributed by atoms with Crippen LogP contribution in [0, 0.1) is 0 Å². The molecule has 2 heterocycles.